The predicted molar refractivity (Wildman–Crippen MR) is 172 cm³/mol. The number of pyridine rings is 1. The summed E-state index contributed by atoms with van der Waals surface area (Å²) in [5.74, 6) is 0.869. The highest BCUT2D eigenvalue weighted by atomic mass is 19.4. The first-order valence-corrected chi connectivity index (χ1v) is 16.7. The first kappa shape index (κ1) is 35.6. The molecule has 14 heteroatoms. The third-order valence-electron chi connectivity index (χ3n) is 10.3. The zero-order valence-corrected chi connectivity index (χ0v) is 28.2. The van der Waals surface area contributed by atoms with Gasteiger partial charge in [-0.1, -0.05) is 13.0 Å². The Morgan fingerprint density at radius 1 is 1.10 bits per heavy atom. The standard InChI is InChI=1S/C36H39F6N3O5/c1-5-49-31(46)14-22-8-7-21-13-29(48-4)27(16-26(21)22)25-9-10-30(44-11-6-12-44)43-28(25)19-45-20(2)32(50-33(45)47)34(3)17-23(35(37,38)39)15-24(18-34)36(40,41)42/h9-10,13,15-17,20,22,32H,5-8,11-12,14,18-19H2,1-4H3/t20-,22?,32-,34?/m0/s1. The lowest BCUT2D eigenvalue weighted by Gasteiger charge is -2.38. The number of benzene rings is 1. The number of amides is 1. The molecule has 4 atom stereocenters. The van der Waals surface area contributed by atoms with Crippen molar-refractivity contribution in [1.29, 1.82) is 0 Å². The average Bonchev–Trinajstić information content (AvgIpc) is 3.53. The molecular formula is C36H39F6N3O5. The zero-order chi connectivity index (χ0) is 36.2. The van der Waals surface area contributed by atoms with Gasteiger partial charge in [-0.3, -0.25) is 9.69 Å². The highest BCUT2D eigenvalue weighted by Crippen LogP contribution is 2.50. The van der Waals surface area contributed by atoms with Crippen molar-refractivity contribution in [3.05, 3.63) is 64.4 Å². The van der Waals surface area contributed by atoms with Gasteiger partial charge in [0.1, 0.15) is 17.7 Å². The monoisotopic (exact) mass is 707 g/mol. The molecule has 2 aliphatic carbocycles. The molecule has 2 saturated heterocycles. The lowest BCUT2D eigenvalue weighted by Crippen LogP contribution is -2.44. The number of hydrogen-bond acceptors (Lipinski definition) is 7. The molecule has 2 aliphatic heterocycles. The molecule has 270 valence electrons. The lowest BCUT2D eigenvalue weighted by atomic mass is 9.71. The van der Waals surface area contributed by atoms with Crippen LogP contribution in [0.25, 0.3) is 11.1 Å². The molecule has 4 aliphatic rings. The van der Waals surface area contributed by atoms with E-state index < -0.39 is 53.6 Å². The van der Waals surface area contributed by atoms with Gasteiger partial charge in [0.15, 0.2) is 0 Å². The Bertz CT molecular complexity index is 1730. The topological polar surface area (TPSA) is 81.2 Å². The largest absolute Gasteiger partial charge is 0.496 e. The van der Waals surface area contributed by atoms with Crippen LogP contribution in [0.3, 0.4) is 0 Å². The van der Waals surface area contributed by atoms with Crippen molar-refractivity contribution in [1.82, 2.24) is 9.88 Å². The summed E-state index contributed by atoms with van der Waals surface area (Å²) in [6.45, 7) is 6.29. The van der Waals surface area contributed by atoms with E-state index in [-0.39, 0.29) is 37.5 Å². The van der Waals surface area contributed by atoms with E-state index in [1.807, 2.05) is 24.3 Å². The molecule has 0 saturated carbocycles. The number of cyclic esters (lactones) is 1. The van der Waals surface area contributed by atoms with Crippen LogP contribution < -0.4 is 9.64 Å². The minimum absolute atomic E-state index is 0.0682. The van der Waals surface area contributed by atoms with E-state index >= 15 is 0 Å². The van der Waals surface area contributed by atoms with Crippen LogP contribution in [0.4, 0.5) is 37.0 Å². The zero-order valence-electron chi connectivity index (χ0n) is 28.2. The molecule has 6 rings (SSSR count). The number of hydrogen-bond donors (Lipinski definition) is 0. The Morgan fingerprint density at radius 2 is 1.84 bits per heavy atom. The van der Waals surface area contributed by atoms with E-state index in [0.717, 1.165) is 49.6 Å². The fourth-order valence-electron chi connectivity index (χ4n) is 7.60. The predicted octanol–water partition coefficient (Wildman–Crippen LogP) is 8.05. The number of esters is 1. The van der Waals surface area contributed by atoms with Gasteiger partial charge in [0.05, 0.1) is 44.0 Å². The summed E-state index contributed by atoms with van der Waals surface area (Å²) in [6, 6.07) is 6.74. The summed E-state index contributed by atoms with van der Waals surface area (Å²) >= 11 is 0. The fraction of sp³-hybridized carbons (Fsp3) is 0.528. The van der Waals surface area contributed by atoms with Crippen molar-refractivity contribution in [2.75, 3.05) is 31.7 Å². The van der Waals surface area contributed by atoms with Crippen LogP contribution in [-0.4, -0.2) is 73.3 Å². The average molecular weight is 708 g/mol. The number of rotatable bonds is 9. The first-order valence-electron chi connectivity index (χ1n) is 16.7. The van der Waals surface area contributed by atoms with Gasteiger partial charge in [0.25, 0.3) is 0 Å². The highest BCUT2D eigenvalue weighted by Gasteiger charge is 2.54. The number of halogens is 6. The van der Waals surface area contributed by atoms with Gasteiger partial charge >= 0.3 is 24.4 Å². The molecule has 1 amide bonds. The van der Waals surface area contributed by atoms with Gasteiger partial charge in [-0.25, -0.2) is 9.78 Å². The molecule has 2 fully saturated rings. The van der Waals surface area contributed by atoms with Crippen LogP contribution in [0.2, 0.25) is 0 Å². The minimum atomic E-state index is -5.04. The number of carbonyl (C=O) groups excluding carboxylic acids is 2. The minimum Gasteiger partial charge on any atom is -0.496 e. The summed E-state index contributed by atoms with van der Waals surface area (Å²) in [7, 11) is 1.54. The Morgan fingerprint density at radius 3 is 2.46 bits per heavy atom. The number of nitrogens with zero attached hydrogens (tertiary/aromatic N) is 3. The van der Waals surface area contributed by atoms with E-state index in [4.69, 9.17) is 19.2 Å². The number of ether oxygens (including phenoxy) is 3. The van der Waals surface area contributed by atoms with E-state index in [9.17, 15) is 35.9 Å². The molecule has 2 unspecified atom stereocenters. The van der Waals surface area contributed by atoms with E-state index in [0.29, 0.717) is 28.4 Å². The molecule has 1 aromatic carbocycles. The maximum Gasteiger partial charge on any atom is 0.416 e. The summed E-state index contributed by atoms with van der Waals surface area (Å²) < 4.78 is 99.7. The van der Waals surface area contributed by atoms with Crippen molar-refractivity contribution in [2.45, 2.75) is 89.8 Å². The van der Waals surface area contributed by atoms with Crippen molar-refractivity contribution >= 4 is 17.9 Å². The fourth-order valence-corrected chi connectivity index (χ4v) is 7.60. The highest BCUT2D eigenvalue weighted by molar-refractivity contribution is 5.78. The van der Waals surface area contributed by atoms with Gasteiger partial charge in [-0.05, 0) is 86.9 Å². The third kappa shape index (κ3) is 6.77. The van der Waals surface area contributed by atoms with Crippen LogP contribution >= 0.6 is 0 Å². The van der Waals surface area contributed by atoms with Gasteiger partial charge in [-0.15, -0.1) is 0 Å². The smallest absolute Gasteiger partial charge is 0.416 e. The Kier molecular flexibility index (Phi) is 9.36. The maximum absolute atomic E-state index is 13.9. The van der Waals surface area contributed by atoms with Crippen LogP contribution in [0.5, 0.6) is 5.75 Å². The molecule has 0 spiro atoms. The summed E-state index contributed by atoms with van der Waals surface area (Å²) in [5, 5.41) is 0. The first-order chi connectivity index (χ1) is 23.5. The molecule has 3 heterocycles. The molecule has 0 radical (unpaired) electrons. The molecule has 50 heavy (non-hydrogen) atoms. The molecule has 8 nitrogen and oxygen atoms in total. The molecule has 2 aromatic rings. The van der Waals surface area contributed by atoms with Crippen LogP contribution in [0.1, 0.15) is 69.2 Å². The number of methoxy groups -OCH3 is 1. The number of anilines is 1. The van der Waals surface area contributed by atoms with Crippen LogP contribution in [0, 0.1) is 5.41 Å². The number of fused-ring (bicyclic) bond motifs is 1. The molecular weight excluding hydrogens is 668 g/mol. The quantitative estimate of drug-likeness (QED) is 0.193. The van der Waals surface area contributed by atoms with Gasteiger partial charge in [0.2, 0.25) is 0 Å². The van der Waals surface area contributed by atoms with Gasteiger partial charge < -0.3 is 19.1 Å². The van der Waals surface area contributed by atoms with Gasteiger partial charge in [-0.2, -0.15) is 26.3 Å². The van der Waals surface area contributed by atoms with E-state index in [1.54, 1.807) is 21.0 Å². The molecule has 0 bridgehead atoms. The second-order valence-corrected chi connectivity index (χ2v) is 13.6. The number of aryl methyl sites for hydroxylation is 1. The number of carbonyl (C=O) groups is 2. The Labute approximate surface area is 286 Å². The summed E-state index contributed by atoms with van der Waals surface area (Å²) in [6.07, 6.45) is -9.44. The Balaban J connectivity index is 1.36. The normalized spacial score (nSPS) is 25.1. The third-order valence-corrected chi connectivity index (χ3v) is 10.3. The van der Waals surface area contributed by atoms with Crippen molar-refractivity contribution < 1.29 is 50.1 Å². The van der Waals surface area contributed by atoms with Crippen LogP contribution in [0.15, 0.2) is 47.6 Å². The Hall–Kier alpha value is -4.23. The molecule has 0 N–H and O–H groups in total. The summed E-state index contributed by atoms with van der Waals surface area (Å²) in [4.78, 5) is 34.2. The van der Waals surface area contributed by atoms with Gasteiger partial charge in [0, 0.05) is 35.2 Å². The van der Waals surface area contributed by atoms with Crippen molar-refractivity contribution in [3.63, 3.8) is 0 Å². The SMILES string of the molecule is CCOC(=O)CC1CCc2cc(OC)c(-c3ccc(N4CCC4)nc3CN3C(=O)O[C@H](C4(C)C=C(C(F)(F)F)C=C(C(F)(F)F)C4)[C@@H]3C)cc21. The summed E-state index contributed by atoms with van der Waals surface area (Å²) in [5.41, 5.74) is -0.798. The van der Waals surface area contributed by atoms with Crippen molar-refractivity contribution in [3.8, 4) is 16.9 Å². The second-order valence-electron chi connectivity index (χ2n) is 13.6. The van der Waals surface area contributed by atoms with Crippen molar-refractivity contribution in [2.24, 2.45) is 5.41 Å². The number of alkyl halides is 6. The number of allylic oxidation sites excluding steroid dienone is 3. The molecule has 1 aromatic heterocycles. The van der Waals surface area contributed by atoms with E-state index in [1.165, 1.54) is 11.8 Å². The second kappa shape index (κ2) is 13.1. The van der Waals surface area contributed by atoms with Crippen LogP contribution in [-0.2, 0) is 27.2 Å². The van der Waals surface area contributed by atoms with E-state index in [2.05, 4.69) is 4.90 Å². The maximum atomic E-state index is 13.9. The number of aromatic nitrogens is 1. The lowest BCUT2D eigenvalue weighted by molar-refractivity contribution is -0.143.